The van der Waals surface area contributed by atoms with Crippen LogP contribution in [0.25, 0.3) is 11.2 Å². The van der Waals surface area contributed by atoms with Gasteiger partial charge in [-0.25, -0.2) is 18.6 Å². The number of aromatic nitrogens is 4. The van der Waals surface area contributed by atoms with Gasteiger partial charge in [-0.15, -0.1) is 0 Å². The molecule has 1 aromatic carbocycles. The molecule has 0 aliphatic heterocycles. The largest absolute Gasteiger partial charge is 0.396 e. The number of aliphatic hydroxyl groups excluding tert-OH is 1. The van der Waals surface area contributed by atoms with E-state index in [1.54, 1.807) is 0 Å². The number of unbranched alkanes of at least 4 members (excludes halogenated alkanes) is 1. The molecule has 0 bridgehead atoms. The third-order valence-corrected chi connectivity index (χ3v) is 5.99. The van der Waals surface area contributed by atoms with E-state index < -0.39 is 22.9 Å². The molecule has 0 unspecified atom stereocenters. The Morgan fingerprint density at radius 2 is 1.97 bits per heavy atom. The Kier molecular flexibility index (Phi) is 7.24. The first-order valence-electron chi connectivity index (χ1n) is 11.3. The molecule has 0 amide bonds. The van der Waals surface area contributed by atoms with Crippen LogP contribution in [-0.2, 0) is 24.9 Å². The molecule has 2 heterocycles. The summed E-state index contributed by atoms with van der Waals surface area (Å²) in [7, 11) is 1.51. The van der Waals surface area contributed by atoms with Crippen LogP contribution >= 0.6 is 0 Å². The van der Waals surface area contributed by atoms with Gasteiger partial charge in [0.15, 0.2) is 28.6 Å². The predicted octanol–water partition coefficient (Wildman–Crippen LogP) is 1.92. The van der Waals surface area contributed by atoms with Crippen LogP contribution in [0.5, 0.6) is 0 Å². The summed E-state index contributed by atoms with van der Waals surface area (Å²) >= 11 is 0. The lowest BCUT2D eigenvalue weighted by molar-refractivity contribution is 0.0217. The molecule has 180 valence electrons. The summed E-state index contributed by atoms with van der Waals surface area (Å²) in [6, 6.07) is 3.49. The Bertz CT molecular complexity index is 1380. The fraction of sp³-hybridized carbons (Fsp3) is 0.458. The number of fused-ring (bicyclic) bond motifs is 1. The van der Waals surface area contributed by atoms with Crippen molar-refractivity contribution < 1.29 is 18.6 Å². The van der Waals surface area contributed by atoms with E-state index in [-0.39, 0.29) is 49.4 Å². The topological polar surface area (TPSA) is 91.3 Å². The first kappa shape index (κ1) is 23.9. The third-order valence-electron chi connectivity index (χ3n) is 5.99. The molecule has 10 heteroatoms. The van der Waals surface area contributed by atoms with Crippen LogP contribution in [0, 0.1) is 23.5 Å². The zero-order valence-electron chi connectivity index (χ0n) is 18.9. The monoisotopic (exact) mass is 472 g/mol. The molecule has 1 aliphatic rings. The highest BCUT2D eigenvalue weighted by Crippen LogP contribution is 2.21. The maximum absolute atomic E-state index is 13.8. The molecule has 0 atom stereocenters. The van der Waals surface area contributed by atoms with E-state index in [2.05, 4.69) is 16.8 Å². The van der Waals surface area contributed by atoms with Crippen LogP contribution in [0.2, 0.25) is 0 Å². The van der Waals surface area contributed by atoms with Gasteiger partial charge in [0, 0.05) is 20.2 Å². The number of imidazole rings is 1. The molecule has 2 aromatic heterocycles. The SMILES string of the molecule is Cn1c(=O)n(CCCCO)c(=O)c2c1nc(C#CCOC1CCC1)n2Cc1ccc(F)c(F)c1. The average molecular weight is 472 g/mol. The van der Waals surface area contributed by atoms with E-state index in [1.165, 1.54) is 22.2 Å². The maximum atomic E-state index is 13.8. The molecule has 0 radical (unpaired) electrons. The lowest BCUT2D eigenvalue weighted by Crippen LogP contribution is -2.39. The molecule has 34 heavy (non-hydrogen) atoms. The molecule has 1 saturated carbocycles. The van der Waals surface area contributed by atoms with Gasteiger partial charge in [0.1, 0.15) is 6.61 Å². The molecule has 1 fully saturated rings. The predicted molar refractivity (Wildman–Crippen MR) is 121 cm³/mol. The minimum absolute atomic E-state index is 0.00524. The number of hydrogen-bond donors (Lipinski definition) is 1. The summed E-state index contributed by atoms with van der Waals surface area (Å²) in [5, 5.41) is 9.05. The van der Waals surface area contributed by atoms with Gasteiger partial charge in [-0.3, -0.25) is 13.9 Å². The van der Waals surface area contributed by atoms with Crippen LogP contribution in [-0.4, -0.2) is 43.1 Å². The number of rotatable bonds is 8. The van der Waals surface area contributed by atoms with Gasteiger partial charge >= 0.3 is 5.69 Å². The van der Waals surface area contributed by atoms with Crippen molar-refractivity contribution in [3.05, 3.63) is 62.1 Å². The van der Waals surface area contributed by atoms with E-state index in [0.717, 1.165) is 36.0 Å². The Hall–Kier alpha value is -3.29. The Morgan fingerprint density at radius 3 is 2.65 bits per heavy atom. The number of benzene rings is 1. The summed E-state index contributed by atoms with van der Waals surface area (Å²) in [5.41, 5.74) is -0.377. The normalized spacial score (nSPS) is 13.6. The summed E-state index contributed by atoms with van der Waals surface area (Å²) in [6.45, 7) is 0.289. The first-order valence-corrected chi connectivity index (χ1v) is 11.3. The Balaban J connectivity index is 1.80. The van der Waals surface area contributed by atoms with Crippen molar-refractivity contribution in [3.8, 4) is 11.8 Å². The maximum Gasteiger partial charge on any atom is 0.332 e. The van der Waals surface area contributed by atoms with Crippen LogP contribution in [0.1, 0.15) is 43.5 Å². The lowest BCUT2D eigenvalue weighted by Gasteiger charge is -2.24. The fourth-order valence-electron chi connectivity index (χ4n) is 3.83. The molecule has 4 rings (SSSR count). The van der Waals surface area contributed by atoms with Gasteiger partial charge in [0.05, 0.1) is 12.6 Å². The molecule has 0 saturated heterocycles. The number of nitrogens with zero attached hydrogens (tertiary/aromatic N) is 4. The molecule has 0 spiro atoms. The summed E-state index contributed by atoms with van der Waals surface area (Å²) < 4.78 is 36.8. The fourth-order valence-corrected chi connectivity index (χ4v) is 3.83. The van der Waals surface area contributed by atoms with Gasteiger partial charge in [-0.1, -0.05) is 12.0 Å². The Labute approximate surface area is 194 Å². The van der Waals surface area contributed by atoms with Crippen LogP contribution in [0.3, 0.4) is 0 Å². The highest BCUT2D eigenvalue weighted by Gasteiger charge is 2.20. The van der Waals surface area contributed by atoms with Crippen molar-refractivity contribution in [2.24, 2.45) is 7.05 Å². The van der Waals surface area contributed by atoms with Crippen molar-refractivity contribution in [2.75, 3.05) is 13.2 Å². The van der Waals surface area contributed by atoms with Crippen molar-refractivity contribution in [3.63, 3.8) is 0 Å². The molecular weight excluding hydrogens is 446 g/mol. The first-order chi connectivity index (χ1) is 16.4. The summed E-state index contributed by atoms with van der Waals surface area (Å²) in [4.78, 5) is 30.6. The zero-order chi connectivity index (χ0) is 24.2. The number of ether oxygens (including phenoxy) is 1. The van der Waals surface area contributed by atoms with E-state index in [1.807, 2.05) is 0 Å². The number of hydrogen-bond acceptors (Lipinski definition) is 5. The van der Waals surface area contributed by atoms with Crippen LogP contribution in [0.4, 0.5) is 8.78 Å². The van der Waals surface area contributed by atoms with E-state index >= 15 is 0 Å². The quantitative estimate of drug-likeness (QED) is 0.400. The second-order valence-electron chi connectivity index (χ2n) is 8.34. The van der Waals surface area contributed by atoms with Gasteiger partial charge in [-0.2, -0.15) is 0 Å². The van der Waals surface area contributed by atoms with Crippen molar-refractivity contribution in [1.82, 2.24) is 18.7 Å². The van der Waals surface area contributed by atoms with E-state index in [4.69, 9.17) is 9.84 Å². The minimum atomic E-state index is -1.00. The van der Waals surface area contributed by atoms with E-state index in [0.29, 0.717) is 18.4 Å². The summed E-state index contributed by atoms with van der Waals surface area (Å²) in [6.07, 6.45) is 4.25. The minimum Gasteiger partial charge on any atom is -0.396 e. The molecular formula is C24H26F2N4O4. The molecule has 3 aromatic rings. The molecule has 1 N–H and O–H groups in total. The van der Waals surface area contributed by atoms with Gasteiger partial charge in [-0.05, 0) is 55.7 Å². The molecule has 1 aliphatic carbocycles. The van der Waals surface area contributed by atoms with Crippen LogP contribution < -0.4 is 11.2 Å². The smallest absolute Gasteiger partial charge is 0.332 e. The standard InChI is InChI=1S/C24H26F2N4O4/c1-28-22-21(23(32)29(24(28)33)11-2-3-12-31)30(15-16-9-10-18(25)19(26)14-16)20(27-22)8-5-13-34-17-6-4-7-17/h9-10,14,17,31H,2-4,6-7,11-13,15H2,1H3. The average Bonchev–Trinajstić information content (AvgIpc) is 3.14. The number of halogens is 2. The van der Waals surface area contributed by atoms with Gasteiger partial charge in [0.25, 0.3) is 5.56 Å². The van der Waals surface area contributed by atoms with Crippen molar-refractivity contribution in [2.45, 2.75) is 51.3 Å². The second kappa shape index (κ2) is 10.3. The van der Waals surface area contributed by atoms with Crippen molar-refractivity contribution >= 4 is 11.2 Å². The van der Waals surface area contributed by atoms with E-state index in [9.17, 15) is 18.4 Å². The zero-order valence-corrected chi connectivity index (χ0v) is 18.9. The van der Waals surface area contributed by atoms with Crippen LogP contribution in [0.15, 0.2) is 27.8 Å². The van der Waals surface area contributed by atoms with Gasteiger partial charge in [0.2, 0.25) is 0 Å². The Morgan fingerprint density at radius 1 is 1.18 bits per heavy atom. The lowest BCUT2D eigenvalue weighted by atomic mass is 9.96. The van der Waals surface area contributed by atoms with Crippen molar-refractivity contribution in [1.29, 1.82) is 0 Å². The second-order valence-corrected chi connectivity index (χ2v) is 8.34. The highest BCUT2D eigenvalue weighted by atomic mass is 19.2. The highest BCUT2D eigenvalue weighted by molar-refractivity contribution is 5.72. The number of aryl methyl sites for hydroxylation is 1. The number of aliphatic hydroxyl groups is 1. The molecule has 8 nitrogen and oxygen atoms in total. The summed E-state index contributed by atoms with van der Waals surface area (Å²) in [5.74, 6) is 4.06. The third kappa shape index (κ3) is 4.81. The van der Waals surface area contributed by atoms with Gasteiger partial charge < -0.3 is 14.4 Å².